The molecule has 2 amide bonds. The number of nitrogens with one attached hydrogen (secondary N) is 1. The number of carbonyl (C=O) groups is 2. The Hall–Kier alpha value is -2.04. The highest BCUT2D eigenvalue weighted by Crippen LogP contribution is 2.29. The molecule has 0 spiro atoms. The molecule has 0 saturated heterocycles. The number of rotatable bonds is 3. The third-order valence-electron chi connectivity index (χ3n) is 3.92. The standard InChI is InChI=1S/C15H20N2O3/c1-15(9-5-6-10-15)16-14(20)17(2)12-8-4-3-7-11(12)13(18)19/h3-4,7-8H,5-6,9-10H2,1-2H3,(H,16,20)(H,18,19). The largest absolute Gasteiger partial charge is 0.478 e. The first kappa shape index (κ1) is 14.4. The first-order valence-corrected chi connectivity index (χ1v) is 6.81. The van der Waals surface area contributed by atoms with Crippen LogP contribution in [-0.4, -0.2) is 29.7 Å². The molecule has 2 N–H and O–H groups in total. The Morgan fingerprint density at radius 2 is 1.85 bits per heavy atom. The van der Waals surface area contributed by atoms with E-state index in [2.05, 4.69) is 5.32 Å². The molecule has 1 saturated carbocycles. The van der Waals surface area contributed by atoms with Crippen LogP contribution in [0.2, 0.25) is 0 Å². The fourth-order valence-corrected chi connectivity index (χ4v) is 2.68. The number of carbonyl (C=O) groups excluding carboxylic acids is 1. The number of carboxylic acid groups (broad SMARTS) is 1. The van der Waals surface area contributed by atoms with Gasteiger partial charge in [0.15, 0.2) is 0 Å². The maximum atomic E-state index is 12.3. The van der Waals surface area contributed by atoms with Crippen molar-refractivity contribution in [2.24, 2.45) is 0 Å². The molecule has 108 valence electrons. The summed E-state index contributed by atoms with van der Waals surface area (Å²) in [5, 5.41) is 12.2. The molecule has 1 aliphatic rings. The summed E-state index contributed by atoms with van der Waals surface area (Å²) < 4.78 is 0. The topological polar surface area (TPSA) is 69.6 Å². The van der Waals surface area contributed by atoms with Crippen molar-refractivity contribution in [2.75, 3.05) is 11.9 Å². The number of benzene rings is 1. The average molecular weight is 276 g/mol. The molecule has 0 heterocycles. The number of hydrogen-bond donors (Lipinski definition) is 2. The van der Waals surface area contributed by atoms with E-state index in [0.29, 0.717) is 5.69 Å². The number of urea groups is 1. The van der Waals surface area contributed by atoms with E-state index in [0.717, 1.165) is 25.7 Å². The number of amides is 2. The number of hydrogen-bond acceptors (Lipinski definition) is 2. The molecule has 1 aliphatic carbocycles. The van der Waals surface area contributed by atoms with Crippen LogP contribution < -0.4 is 10.2 Å². The molecular weight excluding hydrogens is 256 g/mol. The quantitative estimate of drug-likeness (QED) is 0.891. The minimum atomic E-state index is -1.03. The highest BCUT2D eigenvalue weighted by molar-refractivity contribution is 6.01. The van der Waals surface area contributed by atoms with Crippen LogP contribution in [0.25, 0.3) is 0 Å². The first-order chi connectivity index (χ1) is 9.43. The van der Waals surface area contributed by atoms with E-state index in [1.54, 1.807) is 25.2 Å². The summed E-state index contributed by atoms with van der Waals surface area (Å²) in [6, 6.07) is 6.25. The molecule has 5 nitrogen and oxygen atoms in total. The Morgan fingerprint density at radius 3 is 2.45 bits per heavy atom. The SMILES string of the molecule is CN(C(=O)NC1(C)CCCC1)c1ccccc1C(=O)O. The summed E-state index contributed by atoms with van der Waals surface area (Å²) >= 11 is 0. The molecule has 1 aromatic rings. The van der Waals surface area contributed by atoms with Gasteiger partial charge in [-0.2, -0.15) is 0 Å². The lowest BCUT2D eigenvalue weighted by molar-refractivity contribution is 0.0697. The zero-order valence-electron chi connectivity index (χ0n) is 11.8. The minimum Gasteiger partial charge on any atom is -0.478 e. The number of aromatic carboxylic acids is 1. The van der Waals surface area contributed by atoms with Gasteiger partial charge >= 0.3 is 12.0 Å². The van der Waals surface area contributed by atoms with Gasteiger partial charge in [0.05, 0.1) is 11.3 Å². The number of carboxylic acids is 1. The second-order valence-electron chi connectivity index (χ2n) is 5.58. The minimum absolute atomic E-state index is 0.127. The van der Waals surface area contributed by atoms with E-state index in [1.165, 1.54) is 11.0 Å². The zero-order chi connectivity index (χ0) is 14.8. The van der Waals surface area contributed by atoms with E-state index < -0.39 is 5.97 Å². The number of nitrogens with zero attached hydrogens (tertiary/aromatic N) is 1. The van der Waals surface area contributed by atoms with E-state index in [-0.39, 0.29) is 17.1 Å². The van der Waals surface area contributed by atoms with E-state index in [9.17, 15) is 14.7 Å². The molecule has 20 heavy (non-hydrogen) atoms. The molecule has 5 heteroatoms. The summed E-state index contributed by atoms with van der Waals surface area (Å²) in [4.78, 5) is 24.9. The van der Waals surface area contributed by atoms with Gasteiger partial charge in [0, 0.05) is 12.6 Å². The van der Waals surface area contributed by atoms with Crippen LogP contribution in [0.1, 0.15) is 43.0 Å². The van der Waals surface area contributed by atoms with Crippen molar-refractivity contribution in [1.82, 2.24) is 5.32 Å². The van der Waals surface area contributed by atoms with Crippen LogP contribution in [0.15, 0.2) is 24.3 Å². The Bertz CT molecular complexity index is 522. The summed E-state index contributed by atoms with van der Waals surface area (Å²) in [7, 11) is 1.59. The molecule has 0 bridgehead atoms. The smallest absolute Gasteiger partial charge is 0.337 e. The second kappa shape index (κ2) is 5.53. The number of anilines is 1. The Kier molecular flexibility index (Phi) is 3.97. The van der Waals surface area contributed by atoms with Gasteiger partial charge < -0.3 is 10.4 Å². The molecule has 0 unspecified atom stereocenters. The van der Waals surface area contributed by atoms with Gasteiger partial charge in [-0.1, -0.05) is 25.0 Å². The summed E-state index contributed by atoms with van der Waals surface area (Å²) in [5.41, 5.74) is 0.351. The van der Waals surface area contributed by atoms with Crippen molar-refractivity contribution < 1.29 is 14.7 Å². The van der Waals surface area contributed by atoms with Crippen LogP contribution in [0.3, 0.4) is 0 Å². The van der Waals surface area contributed by atoms with Crippen LogP contribution >= 0.6 is 0 Å². The predicted octanol–water partition coefficient (Wildman–Crippen LogP) is 2.86. The highest BCUT2D eigenvalue weighted by Gasteiger charge is 2.31. The van der Waals surface area contributed by atoms with Gasteiger partial charge in [0.1, 0.15) is 0 Å². The molecule has 0 atom stereocenters. The molecular formula is C15H20N2O3. The second-order valence-corrected chi connectivity index (χ2v) is 5.58. The van der Waals surface area contributed by atoms with Gasteiger partial charge in [-0.3, -0.25) is 4.90 Å². The van der Waals surface area contributed by atoms with Crippen LogP contribution in [0.5, 0.6) is 0 Å². The van der Waals surface area contributed by atoms with Crippen molar-refractivity contribution in [3.8, 4) is 0 Å². The van der Waals surface area contributed by atoms with Crippen LogP contribution in [0.4, 0.5) is 10.5 Å². The van der Waals surface area contributed by atoms with Gasteiger partial charge in [0.2, 0.25) is 0 Å². The lowest BCUT2D eigenvalue weighted by atomic mass is 10.0. The van der Waals surface area contributed by atoms with Crippen molar-refractivity contribution in [1.29, 1.82) is 0 Å². The van der Waals surface area contributed by atoms with Gasteiger partial charge in [-0.15, -0.1) is 0 Å². The monoisotopic (exact) mass is 276 g/mol. The molecule has 0 aromatic heterocycles. The fraction of sp³-hybridized carbons (Fsp3) is 0.467. The number of para-hydroxylation sites is 1. The summed E-state index contributed by atoms with van der Waals surface area (Å²) in [6.07, 6.45) is 4.17. The van der Waals surface area contributed by atoms with Crippen LogP contribution in [-0.2, 0) is 0 Å². The van der Waals surface area contributed by atoms with E-state index in [1.807, 2.05) is 6.92 Å². The Morgan fingerprint density at radius 1 is 1.25 bits per heavy atom. The maximum Gasteiger partial charge on any atom is 0.337 e. The van der Waals surface area contributed by atoms with E-state index >= 15 is 0 Å². The third kappa shape index (κ3) is 2.92. The first-order valence-electron chi connectivity index (χ1n) is 6.81. The fourth-order valence-electron chi connectivity index (χ4n) is 2.68. The molecule has 0 radical (unpaired) electrons. The van der Waals surface area contributed by atoms with Gasteiger partial charge in [0.25, 0.3) is 0 Å². The average Bonchev–Trinajstić information content (AvgIpc) is 2.84. The van der Waals surface area contributed by atoms with Crippen LogP contribution in [0, 0.1) is 0 Å². The lowest BCUT2D eigenvalue weighted by Crippen LogP contribution is -2.49. The lowest BCUT2D eigenvalue weighted by Gasteiger charge is -2.29. The molecule has 1 aromatic carbocycles. The molecule has 1 fully saturated rings. The molecule has 2 rings (SSSR count). The predicted molar refractivity (Wildman–Crippen MR) is 77.2 cm³/mol. The van der Waals surface area contributed by atoms with Crippen molar-refractivity contribution in [3.05, 3.63) is 29.8 Å². The normalized spacial score (nSPS) is 16.7. The molecule has 0 aliphatic heterocycles. The zero-order valence-corrected chi connectivity index (χ0v) is 11.8. The maximum absolute atomic E-state index is 12.3. The van der Waals surface area contributed by atoms with Crippen molar-refractivity contribution >= 4 is 17.7 Å². The van der Waals surface area contributed by atoms with Crippen molar-refractivity contribution in [3.63, 3.8) is 0 Å². The van der Waals surface area contributed by atoms with E-state index in [4.69, 9.17) is 0 Å². The summed E-state index contributed by atoms with van der Waals surface area (Å²) in [6.45, 7) is 2.04. The highest BCUT2D eigenvalue weighted by atomic mass is 16.4. The third-order valence-corrected chi connectivity index (χ3v) is 3.92. The van der Waals surface area contributed by atoms with Crippen molar-refractivity contribution in [2.45, 2.75) is 38.1 Å². The Balaban J connectivity index is 2.16. The Labute approximate surface area is 118 Å². The van der Waals surface area contributed by atoms with Gasteiger partial charge in [-0.05, 0) is 31.9 Å². The summed E-state index contributed by atoms with van der Waals surface area (Å²) in [5.74, 6) is -1.03. The van der Waals surface area contributed by atoms with Gasteiger partial charge in [-0.25, -0.2) is 9.59 Å².